The van der Waals surface area contributed by atoms with Crippen LogP contribution in [0.3, 0.4) is 0 Å². The number of nitrogens with one attached hydrogen (secondary N) is 2. The van der Waals surface area contributed by atoms with Crippen molar-refractivity contribution < 1.29 is 0 Å². The number of rotatable bonds is 0. The molecule has 0 fully saturated rings. The van der Waals surface area contributed by atoms with Gasteiger partial charge in [-0.15, -0.1) is 0 Å². The van der Waals surface area contributed by atoms with E-state index in [-0.39, 0.29) is 0 Å². The summed E-state index contributed by atoms with van der Waals surface area (Å²) in [6, 6.07) is 0. The molecule has 2 aliphatic rings. The second-order valence-electron chi connectivity index (χ2n) is 2.38. The van der Waals surface area contributed by atoms with Gasteiger partial charge in [-0.3, -0.25) is 4.72 Å². The molecule has 0 aliphatic carbocycles. The van der Waals surface area contributed by atoms with Crippen LogP contribution in [0.25, 0.3) is 0 Å². The predicted molar refractivity (Wildman–Crippen MR) is 40.1 cm³/mol. The zero-order chi connectivity index (χ0) is 6.10. The molecule has 0 aromatic heterocycles. The van der Waals surface area contributed by atoms with Crippen molar-refractivity contribution in [3.8, 4) is 0 Å². The van der Waals surface area contributed by atoms with Crippen molar-refractivity contribution in [1.29, 1.82) is 0 Å². The zero-order valence-corrected chi connectivity index (χ0v) is 6.05. The second-order valence-corrected chi connectivity index (χ2v) is 3.36. The Morgan fingerprint density at radius 2 is 2.33 bits per heavy atom. The molecule has 3 heteroatoms. The predicted octanol–water partition coefficient (Wildman–Crippen LogP) is 0.485. The van der Waals surface area contributed by atoms with Gasteiger partial charge in [-0.25, -0.2) is 0 Å². The molecule has 0 saturated carbocycles. The molecule has 0 bridgehead atoms. The first-order valence-electron chi connectivity index (χ1n) is 3.28. The molecular formula is C6H10N2S. The van der Waals surface area contributed by atoms with Gasteiger partial charge in [0.25, 0.3) is 0 Å². The Balaban J connectivity index is 2.17. The van der Waals surface area contributed by atoms with E-state index in [0.29, 0.717) is 0 Å². The molecular weight excluding hydrogens is 132 g/mol. The van der Waals surface area contributed by atoms with Crippen LogP contribution < -0.4 is 10.0 Å². The number of hydrogen-bond donors (Lipinski definition) is 2. The van der Waals surface area contributed by atoms with Crippen LogP contribution in [0.15, 0.2) is 10.5 Å². The van der Waals surface area contributed by atoms with Gasteiger partial charge >= 0.3 is 0 Å². The Hall–Kier alpha value is 0.01000. The summed E-state index contributed by atoms with van der Waals surface area (Å²) in [5.74, 6) is 0. The standard InChI is InChI=1S/C6H10N2S/c1-2-7-4-6-5(1)3-8-9-6/h7-8H,1-4H2. The third-order valence-corrected chi connectivity index (χ3v) is 2.73. The fourth-order valence-electron chi connectivity index (χ4n) is 1.21. The molecule has 0 aromatic rings. The lowest BCUT2D eigenvalue weighted by atomic mass is 10.1. The summed E-state index contributed by atoms with van der Waals surface area (Å²) in [4.78, 5) is 1.53. The highest BCUT2D eigenvalue weighted by atomic mass is 32.2. The van der Waals surface area contributed by atoms with E-state index in [2.05, 4.69) is 10.0 Å². The molecule has 2 rings (SSSR count). The molecule has 0 radical (unpaired) electrons. The minimum absolute atomic E-state index is 1.09. The average molecular weight is 142 g/mol. The summed E-state index contributed by atoms with van der Waals surface area (Å²) in [6.07, 6.45) is 1.25. The van der Waals surface area contributed by atoms with Gasteiger partial charge in [-0.2, -0.15) is 0 Å². The quantitative estimate of drug-likeness (QED) is 0.481. The first-order valence-corrected chi connectivity index (χ1v) is 4.10. The summed E-state index contributed by atoms with van der Waals surface area (Å²) >= 11 is 1.79. The fourth-order valence-corrected chi connectivity index (χ4v) is 2.12. The topological polar surface area (TPSA) is 24.1 Å². The van der Waals surface area contributed by atoms with Crippen LogP contribution in [0.2, 0.25) is 0 Å². The third-order valence-electron chi connectivity index (χ3n) is 1.76. The maximum Gasteiger partial charge on any atom is 0.0284 e. The van der Waals surface area contributed by atoms with Gasteiger partial charge in [0.1, 0.15) is 0 Å². The minimum atomic E-state index is 1.09. The van der Waals surface area contributed by atoms with E-state index in [4.69, 9.17) is 0 Å². The molecule has 0 amide bonds. The Morgan fingerprint density at radius 3 is 3.22 bits per heavy atom. The molecule has 9 heavy (non-hydrogen) atoms. The maximum atomic E-state index is 3.34. The summed E-state index contributed by atoms with van der Waals surface area (Å²) in [7, 11) is 0. The molecule has 2 N–H and O–H groups in total. The Kier molecular flexibility index (Phi) is 1.49. The molecule has 50 valence electrons. The molecule has 0 atom stereocenters. The third kappa shape index (κ3) is 1.000. The molecule has 2 heterocycles. The lowest BCUT2D eigenvalue weighted by Gasteiger charge is -2.12. The van der Waals surface area contributed by atoms with Crippen molar-refractivity contribution >= 4 is 11.9 Å². The van der Waals surface area contributed by atoms with Gasteiger partial charge in [0.05, 0.1) is 0 Å². The van der Waals surface area contributed by atoms with Gasteiger partial charge in [0.15, 0.2) is 0 Å². The van der Waals surface area contributed by atoms with Gasteiger partial charge in [0.2, 0.25) is 0 Å². The van der Waals surface area contributed by atoms with E-state index >= 15 is 0 Å². The summed E-state index contributed by atoms with van der Waals surface area (Å²) < 4.78 is 3.27. The van der Waals surface area contributed by atoms with Crippen LogP contribution in [-0.4, -0.2) is 19.6 Å². The van der Waals surface area contributed by atoms with Crippen LogP contribution >= 0.6 is 11.9 Å². The Labute approximate surface area is 59.2 Å². The van der Waals surface area contributed by atoms with Crippen LogP contribution in [0.5, 0.6) is 0 Å². The molecule has 2 aliphatic heterocycles. The van der Waals surface area contributed by atoms with E-state index in [0.717, 1.165) is 13.1 Å². The van der Waals surface area contributed by atoms with E-state index < -0.39 is 0 Å². The normalized spacial score (nSPS) is 26.7. The van der Waals surface area contributed by atoms with Gasteiger partial charge in [0, 0.05) is 18.0 Å². The van der Waals surface area contributed by atoms with E-state index in [1.807, 2.05) is 0 Å². The van der Waals surface area contributed by atoms with Crippen molar-refractivity contribution in [3.05, 3.63) is 10.5 Å². The molecule has 0 unspecified atom stereocenters. The van der Waals surface area contributed by atoms with Crippen molar-refractivity contribution in [1.82, 2.24) is 10.0 Å². The van der Waals surface area contributed by atoms with Gasteiger partial charge in [-0.1, -0.05) is 0 Å². The van der Waals surface area contributed by atoms with Crippen LogP contribution in [0, 0.1) is 0 Å². The van der Waals surface area contributed by atoms with E-state index in [1.165, 1.54) is 17.9 Å². The second kappa shape index (κ2) is 2.33. The first-order chi connectivity index (χ1) is 4.47. The Morgan fingerprint density at radius 1 is 1.33 bits per heavy atom. The summed E-state index contributed by atoms with van der Waals surface area (Å²) in [5, 5.41) is 3.34. The maximum absolute atomic E-state index is 3.34. The highest BCUT2D eigenvalue weighted by molar-refractivity contribution is 8.01. The van der Waals surface area contributed by atoms with Crippen molar-refractivity contribution in [2.24, 2.45) is 0 Å². The molecule has 2 nitrogen and oxygen atoms in total. The molecule has 0 aromatic carbocycles. The molecule has 0 spiro atoms. The van der Waals surface area contributed by atoms with E-state index in [1.54, 1.807) is 17.5 Å². The highest BCUT2D eigenvalue weighted by Crippen LogP contribution is 2.26. The van der Waals surface area contributed by atoms with Gasteiger partial charge in [-0.05, 0) is 30.5 Å². The molecule has 0 saturated heterocycles. The lowest BCUT2D eigenvalue weighted by Crippen LogP contribution is -2.23. The average Bonchev–Trinajstić information content (AvgIpc) is 2.33. The lowest BCUT2D eigenvalue weighted by molar-refractivity contribution is 0.692. The SMILES string of the molecule is C1CC2=C(CN1)SNC2. The van der Waals surface area contributed by atoms with Gasteiger partial charge < -0.3 is 5.32 Å². The fraction of sp³-hybridized carbons (Fsp3) is 0.667. The highest BCUT2D eigenvalue weighted by Gasteiger charge is 2.16. The van der Waals surface area contributed by atoms with Crippen LogP contribution in [0.1, 0.15) is 6.42 Å². The van der Waals surface area contributed by atoms with Crippen LogP contribution in [-0.2, 0) is 0 Å². The van der Waals surface area contributed by atoms with E-state index in [9.17, 15) is 0 Å². The largest absolute Gasteiger partial charge is 0.312 e. The van der Waals surface area contributed by atoms with Crippen molar-refractivity contribution in [2.75, 3.05) is 19.6 Å². The number of hydrogen-bond acceptors (Lipinski definition) is 3. The van der Waals surface area contributed by atoms with Crippen molar-refractivity contribution in [3.63, 3.8) is 0 Å². The zero-order valence-electron chi connectivity index (χ0n) is 5.24. The summed E-state index contributed by atoms with van der Waals surface area (Å²) in [5.41, 5.74) is 1.62. The van der Waals surface area contributed by atoms with Crippen molar-refractivity contribution in [2.45, 2.75) is 6.42 Å². The smallest absolute Gasteiger partial charge is 0.0284 e. The van der Waals surface area contributed by atoms with Crippen LogP contribution in [0.4, 0.5) is 0 Å². The Bertz CT molecular complexity index is 137. The first kappa shape index (κ1) is 5.77. The minimum Gasteiger partial charge on any atom is -0.312 e. The monoisotopic (exact) mass is 142 g/mol. The summed E-state index contributed by atoms with van der Waals surface area (Å²) in [6.45, 7) is 3.37.